The van der Waals surface area contributed by atoms with Crippen molar-refractivity contribution in [1.82, 2.24) is 15.3 Å². The molecule has 0 radical (unpaired) electrons. The van der Waals surface area contributed by atoms with E-state index >= 15 is 0 Å². The molecule has 0 aliphatic rings. The summed E-state index contributed by atoms with van der Waals surface area (Å²) < 4.78 is 0. The van der Waals surface area contributed by atoms with Crippen molar-refractivity contribution in [3.63, 3.8) is 0 Å². The molecule has 0 aliphatic heterocycles. The zero-order chi connectivity index (χ0) is 19.2. The van der Waals surface area contributed by atoms with Crippen LogP contribution < -0.4 is 5.32 Å². The van der Waals surface area contributed by atoms with Gasteiger partial charge in [-0.05, 0) is 29.3 Å². The number of H-pyrrole nitrogens is 1. The number of fused-ring (bicyclic) bond motifs is 1. The summed E-state index contributed by atoms with van der Waals surface area (Å²) in [6.07, 6.45) is 2.57. The highest BCUT2D eigenvalue weighted by molar-refractivity contribution is 6.24. The fourth-order valence-electron chi connectivity index (χ4n) is 3.13. The Morgan fingerprint density at radius 1 is 0.893 bits per heavy atom. The van der Waals surface area contributed by atoms with Gasteiger partial charge in [-0.1, -0.05) is 72.8 Å². The van der Waals surface area contributed by atoms with Gasteiger partial charge in [0.05, 0.1) is 11.0 Å². The molecule has 0 saturated carbocycles. The summed E-state index contributed by atoms with van der Waals surface area (Å²) in [7, 11) is 0. The fraction of sp³-hybridized carbons (Fsp3) is 0.0833. The molecule has 4 rings (SSSR count). The summed E-state index contributed by atoms with van der Waals surface area (Å²) in [5.74, 6) is 0.779. The molecular weight excluding hydrogens is 346 g/mol. The first kappa shape index (κ1) is 17.7. The Bertz CT molecular complexity index is 1070. The highest BCUT2D eigenvalue weighted by atomic mass is 16.1. The van der Waals surface area contributed by atoms with Gasteiger partial charge in [-0.25, -0.2) is 4.98 Å². The number of nitrogens with zero attached hydrogens (tertiary/aromatic N) is 1. The van der Waals surface area contributed by atoms with Gasteiger partial charge in [-0.2, -0.15) is 0 Å². The predicted molar refractivity (Wildman–Crippen MR) is 114 cm³/mol. The van der Waals surface area contributed by atoms with Gasteiger partial charge >= 0.3 is 0 Å². The lowest BCUT2D eigenvalue weighted by molar-refractivity contribution is -0.115. The maximum absolute atomic E-state index is 12.9. The maximum atomic E-state index is 12.9. The molecule has 0 fully saturated rings. The summed E-state index contributed by atoms with van der Waals surface area (Å²) >= 11 is 0. The van der Waals surface area contributed by atoms with Crippen LogP contribution in [0.1, 0.15) is 17.0 Å². The summed E-state index contributed by atoms with van der Waals surface area (Å²) in [5.41, 5.74) is 4.49. The Balaban J connectivity index is 1.48. The number of rotatable bonds is 6. The van der Waals surface area contributed by atoms with Gasteiger partial charge in [0.15, 0.2) is 0 Å². The lowest BCUT2D eigenvalue weighted by atomic mass is 10.0. The Morgan fingerprint density at radius 2 is 1.57 bits per heavy atom. The highest BCUT2D eigenvalue weighted by Gasteiger charge is 2.12. The molecule has 0 saturated heterocycles. The number of imidazole rings is 1. The first-order chi connectivity index (χ1) is 13.8. The molecule has 1 heterocycles. The molecular formula is C24H21N3O. The zero-order valence-electron chi connectivity index (χ0n) is 15.4. The molecule has 138 valence electrons. The number of amides is 1. The first-order valence-electron chi connectivity index (χ1n) is 9.33. The van der Waals surface area contributed by atoms with E-state index in [1.807, 2.05) is 91.0 Å². The van der Waals surface area contributed by atoms with Crippen molar-refractivity contribution in [3.05, 3.63) is 102 Å². The van der Waals surface area contributed by atoms with Crippen molar-refractivity contribution in [1.29, 1.82) is 0 Å². The Hall–Kier alpha value is -3.66. The van der Waals surface area contributed by atoms with Crippen LogP contribution in [-0.4, -0.2) is 22.4 Å². The molecule has 0 spiro atoms. The molecule has 1 amide bonds. The smallest absolute Gasteiger partial charge is 0.251 e. The fourth-order valence-corrected chi connectivity index (χ4v) is 3.13. The van der Waals surface area contributed by atoms with E-state index in [1.165, 1.54) is 0 Å². The van der Waals surface area contributed by atoms with E-state index in [0.717, 1.165) is 28.0 Å². The molecule has 3 aromatic carbocycles. The van der Waals surface area contributed by atoms with Crippen LogP contribution >= 0.6 is 0 Å². The molecule has 0 unspecified atom stereocenters. The zero-order valence-corrected chi connectivity index (χ0v) is 15.4. The SMILES string of the molecule is O=C(NCCc1nc2ccccc2[nH]1)C(=Cc1ccccc1)c1ccccc1. The average Bonchev–Trinajstić information content (AvgIpc) is 3.16. The molecule has 4 aromatic rings. The second kappa shape index (κ2) is 8.35. The number of para-hydroxylation sites is 2. The first-order valence-corrected chi connectivity index (χ1v) is 9.33. The largest absolute Gasteiger partial charge is 0.352 e. The van der Waals surface area contributed by atoms with Crippen LogP contribution in [0.5, 0.6) is 0 Å². The van der Waals surface area contributed by atoms with E-state index in [0.29, 0.717) is 18.5 Å². The number of nitrogens with one attached hydrogen (secondary N) is 2. The van der Waals surface area contributed by atoms with E-state index in [-0.39, 0.29) is 5.91 Å². The molecule has 0 bridgehead atoms. The van der Waals surface area contributed by atoms with Gasteiger partial charge < -0.3 is 10.3 Å². The third-order valence-corrected chi connectivity index (χ3v) is 4.53. The van der Waals surface area contributed by atoms with Crippen molar-refractivity contribution in [2.75, 3.05) is 6.54 Å². The number of aromatic nitrogens is 2. The van der Waals surface area contributed by atoms with Gasteiger partial charge in [0.25, 0.3) is 5.91 Å². The number of carbonyl (C=O) groups excluding carboxylic acids is 1. The van der Waals surface area contributed by atoms with E-state index < -0.39 is 0 Å². The van der Waals surface area contributed by atoms with E-state index in [2.05, 4.69) is 15.3 Å². The molecule has 0 atom stereocenters. The van der Waals surface area contributed by atoms with Crippen LogP contribution in [0.4, 0.5) is 0 Å². The van der Waals surface area contributed by atoms with Gasteiger partial charge in [0, 0.05) is 18.5 Å². The number of hydrogen-bond acceptors (Lipinski definition) is 2. The molecule has 28 heavy (non-hydrogen) atoms. The van der Waals surface area contributed by atoms with Crippen LogP contribution in [0.3, 0.4) is 0 Å². The summed E-state index contributed by atoms with van der Waals surface area (Å²) in [5, 5.41) is 3.03. The third-order valence-electron chi connectivity index (χ3n) is 4.53. The van der Waals surface area contributed by atoms with E-state index in [1.54, 1.807) is 0 Å². The van der Waals surface area contributed by atoms with Crippen molar-refractivity contribution in [2.24, 2.45) is 0 Å². The quantitative estimate of drug-likeness (QED) is 0.390. The molecule has 1 aromatic heterocycles. The van der Waals surface area contributed by atoms with Gasteiger partial charge in [-0.15, -0.1) is 0 Å². The molecule has 4 nitrogen and oxygen atoms in total. The average molecular weight is 367 g/mol. The van der Waals surface area contributed by atoms with E-state index in [9.17, 15) is 4.79 Å². The number of benzene rings is 3. The number of aromatic amines is 1. The Morgan fingerprint density at radius 3 is 2.32 bits per heavy atom. The lowest BCUT2D eigenvalue weighted by Gasteiger charge is -2.09. The van der Waals surface area contributed by atoms with Gasteiger partial charge in [0.1, 0.15) is 5.82 Å². The number of hydrogen-bond donors (Lipinski definition) is 2. The van der Waals surface area contributed by atoms with Crippen LogP contribution in [0.2, 0.25) is 0 Å². The normalized spacial score (nSPS) is 11.5. The van der Waals surface area contributed by atoms with Gasteiger partial charge in [0.2, 0.25) is 0 Å². The molecule has 2 N–H and O–H groups in total. The second-order valence-electron chi connectivity index (χ2n) is 6.54. The minimum atomic E-state index is -0.0915. The van der Waals surface area contributed by atoms with Crippen LogP contribution in [0, 0.1) is 0 Å². The second-order valence-corrected chi connectivity index (χ2v) is 6.54. The molecule has 0 aliphatic carbocycles. The summed E-state index contributed by atoms with van der Waals surface area (Å²) in [6.45, 7) is 0.512. The summed E-state index contributed by atoms with van der Waals surface area (Å²) in [4.78, 5) is 20.8. The predicted octanol–water partition coefficient (Wildman–Crippen LogP) is 4.46. The third kappa shape index (κ3) is 4.18. The van der Waals surface area contributed by atoms with Crippen LogP contribution in [0.25, 0.3) is 22.7 Å². The lowest BCUT2D eigenvalue weighted by Crippen LogP contribution is -2.26. The summed E-state index contributed by atoms with van der Waals surface area (Å²) in [6, 6.07) is 27.5. The van der Waals surface area contributed by atoms with Crippen molar-refractivity contribution in [2.45, 2.75) is 6.42 Å². The highest BCUT2D eigenvalue weighted by Crippen LogP contribution is 2.18. The minimum absolute atomic E-state index is 0.0915. The maximum Gasteiger partial charge on any atom is 0.251 e. The topological polar surface area (TPSA) is 57.8 Å². The van der Waals surface area contributed by atoms with E-state index in [4.69, 9.17) is 0 Å². The standard InChI is InChI=1S/C24H21N3O/c28-24(25-16-15-23-26-21-13-7-8-14-22(21)27-23)20(19-11-5-2-6-12-19)17-18-9-3-1-4-10-18/h1-14,17H,15-16H2,(H,25,28)(H,26,27). The van der Waals surface area contributed by atoms with Crippen molar-refractivity contribution < 1.29 is 4.79 Å². The Kier molecular flexibility index (Phi) is 5.29. The molecule has 4 heteroatoms. The van der Waals surface area contributed by atoms with Crippen molar-refractivity contribution in [3.8, 4) is 0 Å². The minimum Gasteiger partial charge on any atom is -0.352 e. The van der Waals surface area contributed by atoms with Gasteiger partial charge in [-0.3, -0.25) is 4.79 Å². The van der Waals surface area contributed by atoms with Crippen molar-refractivity contribution >= 4 is 28.6 Å². The van der Waals surface area contributed by atoms with Crippen LogP contribution in [-0.2, 0) is 11.2 Å². The van der Waals surface area contributed by atoms with Crippen LogP contribution in [0.15, 0.2) is 84.9 Å². The number of carbonyl (C=O) groups is 1. The Labute approximate surface area is 164 Å². The monoisotopic (exact) mass is 367 g/mol.